The fourth-order valence-electron chi connectivity index (χ4n) is 4.81. The van der Waals surface area contributed by atoms with Crippen molar-refractivity contribution in [2.75, 3.05) is 12.0 Å². The molecule has 0 heterocycles. The molecule has 1 aliphatic carbocycles. The number of rotatable bonds is 10. The Labute approximate surface area is 237 Å². The van der Waals surface area contributed by atoms with Crippen LogP contribution in [0, 0.1) is 6.92 Å². The van der Waals surface area contributed by atoms with E-state index in [2.05, 4.69) is 5.32 Å². The van der Waals surface area contributed by atoms with Gasteiger partial charge in [0.2, 0.25) is 0 Å². The second-order valence-electron chi connectivity index (χ2n) is 11.4. The van der Waals surface area contributed by atoms with Crippen LogP contribution in [0.3, 0.4) is 0 Å². The van der Waals surface area contributed by atoms with E-state index in [0.717, 1.165) is 42.4 Å². The van der Waals surface area contributed by atoms with Gasteiger partial charge in [-0.15, -0.1) is 0 Å². The maximum Gasteiger partial charge on any atom is 0.329 e. The summed E-state index contributed by atoms with van der Waals surface area (Å²) in [6.45, 7) is 9.28. The van der Waals surface area contributed by atoms with Gasteiger partial charge in [-0.05, 0) is 113 Å². The van der Waals surface area contributed by atoms with Gasteiger partial charge >= 0.3 is 11.9 Å². The molecule has 2 unspecified atom stereocenters. The molecule has 1 amide bonds. The third kappa shape index (κ3) is 8.85. The Morgan fingerprint density at radius 1 is 1.00 bits per heavy atom. The van der Waals surface area contributed by atoms with E-state index < -0.39 is 23.5 Å². The molecule has 2 atom stereocenters. The minimum Gasteiger partial charge on any atom is -0.462 e. The number of carbonyl (C=O) groups excluding carboxylic acids is 3. The normalized spacial score (nSPS) is 15.7. The summed E-state index contributed by atoms with van der Waals surface area (Å²) in [6, 6.07) is 12.5. The number of esters is 2. The van der Waals surface area contributed by atoms with E-state index in [4.69, 9.17) is 9.47 Å². The number of thioether (sulfide) groups is 1. The fourth-order valence-corrected chi connectivity index (χ4v) is 5.28. The first-order valence-electron chi connectivity index (χ1n) is 13.9. The standard InChI is InChI=1S/C32H43NO5S/c1-21-12-10-11-15-25(21)27-20-23(22(2)30(35)37-24-13-8-7-9-14-24)16-17-26(27)29(34)33-28(18-19-39-6)31(36)38-32(3,4)5/h10-12,15-17,20,22,24,28H,7-9,13-14,18-19H2,1-6H3,(H,33,34). The summed E-state index contributed by atoms with van der Waals surface area (Å²) in [7, 11) is 0. The van der Waals surface area contributed by atoms with E-state index in [1.54, 1.807) is 17.8 Å². The zero-order valence-electron chi connectivity index (χ0n) is 24.2. The second kappa shape index (κ2) is 14.0. The van der Waals surface area contributed by atoms with Gasteiger partial charge in [0.15, 0.2) is 0 Å². The number of benzene rings is 2. The molecule has 7 heteroatoms. The zero-order valence-corrected chi connectivity index (χ0v) is 25.0. The number of amides is 1. The summed E-state index contributed by atoms with van der Waals surface area (Å²) >= 11 is 1.61. The highest BCUT2D eigenvalue weighted by atomic mass is 32.2. The summed E-state index contributed by atoms with van der Waals surface area (Å²) in [5.41, 5.74) is 3.20. The van der Waals surface area contributed by atoms with Crippen LogP contribution in [-0.4, -0.2) is 47.6 Å². The maximum atomic E-state index is 13.7. The van der Waals surface area contributed by atoms with E-state index in [1.807, 2.05) is 77.3 Å². The molecule has 2 aromatic carbocycles. The van der Waals surface area contributed by atoms with Crippen molar-refractivity contribution >= 4 is 29.6 Å². The van der Waals surface area contributed by atoms with Crippen molar-refractivity contribution in [2.24, 2.45) is 0 Å². The van der Waals surface area contributed by atoms with Crippen molar-refractivity contribution in [1.82, 2.24) is 5.32 Å². The maximum absolute atomic E-state index is 13.7. The lowest BCUT2D eigenvalue weighted by molar-refractivity contribution is -0.157. The van der Waals surface area contributed by atoms with E-state index >= 15 is 0 Å². The van der Waals surface area contributed by atoms with Gasteiger partial charge < -0.3 is 14.8 Å². The summed E-state index contributed by atoms with van der Waals surface area (Å²) < 4.78 is 11.4. The van der Waals surface area contributed by atoms with Crippen LogP contribution in [0.5, 0.6) is 0 Å². The minimum absolute atomic E-state index is 0.0133. The molecule has 39 heavy (non-hydrogen) atoms. The molecule has 0 saturated heterocycles. The van der Waals surface area contributed by atoms with Gasteiger partial charge in [0.25, 0.3) is 5.91 Å². The van der Waals surface area contributed by atoms with Crippen LogP contribution in [0.15, 0.2) is 42.5 Å². The number of aryl methyl sites for hydroxylation is 1. The number of hydrogen-bond donors (Lipinski definition) is 1. The predicted molar refractivity (Wildman–Crippen MR) is 158 cm³/mol. The number of nitrogens with one attached hydrogen (secondary N) is 1. The van der Waals surface area contributed by atoms with E-state index in [1.165, 1.54) is 6.42 Å². The highest BCUT2D eigenvalue weighted by Gasteiger charge is 2.29. The Morgan fingerprint density at radius 3 is 2.33 bits per heavy atom. The third-order valence-corrected chi connectivity index (χ3v) is 7.66. The number of hydrogen-bond acceptors (Lipinski definition) is 6. The molecule has 0 spiro atoms. The first kappa shape index (κ1) is 30.7. The molecule has 1 N–H and O–H groups in total. The molecule has 0 aromatic heterocycles. The predicted octanol–water partition coefficient (Wildman–Crippen LogP) is 6.83. The van der Waals surface area contributed by atoms with E-state index in [0.29, 0.717) is 23.3 Å². The average Bonchev–Trinajstić information content (AvgIpc) is 2.90. The van der Waals surface area contributed by atoms with Crippen molar-refractivity contribution in [3.8, 4) is 11.1 Å². The van der Waals surface area contributed by atoms with Gasteiger partial charge in [0.1, 0.15) is 17.7 Å². The number of carbonyl (C=O) groups is 3. The van der Waals surface area contributed by atoms with Gasteiger partial charge in [-0.25, -0.2) is 4.79 Å². The smallest absolute Gasteiger partial charge is 0.329 e. The lowest BCUT2D eigenvalue weighted by Gasteiger charge is -2.25. The molecule has 1 fully saturated rings. The lowest BCUT2D eigenvalue weighted by Crippen LogP contribution is -2.44. The minimum atomic E-state index is -0.766. The van der Waals surface area contributed by atoms with Crippen LogP contribution in [0.1, 0.15) is 93.6 Å². The molecule has 2 aromatic rings. The van der Waals surface area contributed by atoms with Crippen LogP contribution < -0.4 is 5.32 Å². The molecular weight excluding hydrogens is 510 g/mol. The Balaban J connectivity index is 1.92. The SMILES string of the molecule is CSCCC(NC(=O)c1ccc(C(C)C(=O)OC2CCCCC2)cc1-c1ccccc1C)C(=O)OC(C)(C)C. The van der Waals surface area contributed by atoms with Gasteiger partial charge in [-0.3, -0.25) is 9.59 Å². The third-order valence-electron chi connectivity index (χ3n) is 7.02. The van der Waals surface area contributed by atoms with Gasteiger partial charge in [0, 0.05) is 5.56 Å². The molecule has 0 radical (unpaired) electrons. The lowest BCUT2D eigenvalue weighted by atomic mass is 9.90. The van der Waals surface area contributed by atoms with Gasteiger partial charge in [-0.1, -0.05) is 36.8 Å². The quantitative estimate of drug-likeness (QED) is 0.325. The summed E-state index contributed by atoms with van der Waals surface area (Å²) in [5.74, 6) is -0.805. The van der Waals surface area contributed by atoms with Crippen molar-refractivity contribution < 1.29 is 23.9 Å². The summed E-state index contributed by atoms with van der Waals surface area (Å²) in [5, 5.41) is 2.93. The molecule has 0 bridgehead atoms. The first-order valence-corrected chi connectivity index (χ1v) is 15.3. The Kier molecular flexibility index (Phi) is 11.0. The highest BCUT2D eigenvalue weighted by molar-refractivity contribution is 7.98. The topological polar surface area (TPSA) is 81.7 Å². The van der Waals surface area contributed by atoms with Crippen LogP contribution >= 0.6 is 11.8 Å². The zero-order chi connectivity index (χ0) is 28.6. The van der Waals surface area contributed by atoms with Crippen LogP contribution in [0.4, 0.5) is 0 Å². The molecule has 212 valence electrons. The van der Waals surface area contributed by atoms with Crippen molar-refractivity contribution in [1.29, 1.82) is 0 Å². The fraction of sp³-hybridized carbons (Fsp3) is 0.531. The van der Waals surface area contributed by atoms with Crippen molar-refractivity contribution in [2.45, 2.75) is 96.8 Å². The second-order valence-corrected chi connectivity index (χ2v) is 12.4. The highest BCUT2D eigenvalue weighted by Crippen LogP contribution is 2.32. The van der Waals surface area contributed by atoms with Crippen LogP contribution in [-0.2, 0) is 19.1 Å². The van der Waals surface area contributed by atoms with E-state index in [9.17, 15) is 14.4 Å². The molecule has 0 aliphatic heterocycles. The Morgan fingerprint density at radius 2 is 1.69 bits per heavy atom. The van der Waals surface area contributed by atoms with E-state index in [-0.39, 0.29) is 18.0 Å². The Bertz CT molecular complexity index is 1150. The summed E-state index contributed by atoms with van der Waals surface area (Å²) in [6.07, 6.45) is 7.62. The molecule has 1 saturated carbocycles. The van der Waals surface area contributed by atoms with Crippen LogP contribution in [0.2, 0.25) is 0 Å². The van der Waals surface area contributed by atoms with Crippen molar-refractivity contribution in [3.05, 3.63) is 59.2 Å². The monoisotopic (exact) mass is 553 g/mol. The number of ether oxygens (including phenoxy) is 2. The molecule has 3 rings (SSSR count). The molecular formula is C32H43NO5S. The largest absolute Gasteiger partial charge is 0.462 e. The summed E-state index contributed by atoms with van der Waals surface area (Å²) in [4.78, 5) is 39.6. The van der Waals surface area contributed by atoms with Crippen molar-refractivity contribution in [3.63, 3.8) is 0 Å². The average molecular weight is 554 g/mol. The Hall–Kier alpha value is -2.80. The van der Waals surface area contributed by atoms with Gasteiger partial charge in [-0.2, -0.15) is 11.8 Å². The van der Waals surface area contributed by atoms with Gasteiger partial charge in [0.05, 0.1) is 5.92 Å². The molecule has 1 aliphatic rings. The first-order chi connectivity index (χ1) is 18.5. The van der Waals surface area contributed by atoms with Crippen LogP contribution in [0.25, 0.3) is 11.1 Å². The molecule has 6 nitrogen and oxygen atoms in total.